The maximum Gasteiger partial charge on any atom is 0.161 e. The summed E-state index contributed by atoms with van der Waals surface area (Å²) in [4.78, 5) is 15.7. The van der Waals surface area contributed by atoms with Gasteiger partial charge in [0.25, 0.3) is 0 Å². The highest BCUT2D eigenvalue weighted by Crippen LogP contribution is 2.25. The summed E-state index contributed by atoms with van der Waals surface area (Å²) in [7, 11) is 4.21. The summed E-state index contributed by atoms with van der Waals surface area (Å²) in [6, 6.07) is 6.22. The van der Waals surface area contributed by atoms with Crippen molar-refractivity contribution in [3.8, 4) is 11.4 Å². The van der Waals surface area contributed by atoms with E-state index >= 15 is 0 Å². The molecule has 0 aliphatic carbocycles. The fourth-order valence-electron chi connectivity index (χ4n) is 2.75. The molecule has 0 saturated carbocycles. The van der Waals surface area contributed by atoms with Crippen molar-refractivity contribution in [2.45, 2.75) is 40.2 Å². The second kappa shape index (κ2) is 7.71. The lowest BCUT2D eigenvalue weighted by molar-refractivity contribution is 0.217. The van der Waals surface area contributed by atoms with Gasteiger partial charge in [0.05, 0.1) is 0 Å². The molecule has 5 heteroatoms. The van der Waals surface area contributed by atoms with Gasteiger partial charge in [0.1, 0.15) is 5.82 Å². The summed E-state index contributed by atoms with van der Waals surface area (Å²) in [6.07, 6.45) is 4.42. The van der Waals surface area contributed by atoms with E-state index in [4.69, 9.17) is 4.98 Å². The van der Waals surface area contributed by atoms with E-state index in [-0.39, 0.29) is 11.5 Å². The van der Waals surface area contributed by atoms with Crippen LogP contribution in [-0.4, -0.2) is 46.5 Å². The number of nitrogens with one attached hydrogen (secondary N) is 1. The summed E-state index contributed by atoms with van der Waals surface area (Å²) >= 11 is 0. The van der Waals surface area contributed by atoms with Gasteiger partial charge in [-0.05, 0) is 45.0 Å². The topological polar surface area (TPSA) is 53.9 Å². The highest BCUT2D eigenvalue weighted by molar-refractivity contribution is 5.57. The van der Waals surface area contributed by atoms with Crippen LogP contribution >= 0.6 is 0 Å². The molecule has 0 aromatic carbocycles. The van der Waals surface area contributed by atoms with Crippen LogP contribution in [0.15, 0.2) is 30.6 Å². The van der Waals surface area contributed by atoms with Gasteiger partial charge in [0.2, 0.25) is 0 Å². The van der Waals surface area contributed by atoms with Crippen LogP contribution in [0.3, 0.4) is 0 Å². The van der Waals surface area contributed by atoms with E-state index in [9.17, 15) is 0 Å². The van der Waals surface area contributed by atoms with Gasteiger partial charge in [-0.15, -0.1) is 0 Å². The van der Waals surface area contributed by atoms with Crippen LogP contribution in [0.25, 0.3) is 11.4 Å². The van der Waals surface area contributed by atoms with E-state index in [0.29, 0.717) is 0 Å². The summed E-state index contributed by atoms with van der Waals surface area (Å²) < 4.78 is 0. The molecular weight excluding hydrogens is 298 g/mol. The first-order valence-electron chi connectivity index (χ1n) is 8.51. The smallest absolute Gasteiger partial charge is 0.161 e. The fraction of sp³-hybridized carbons (Fsp3) is 0.526. The highest BCUT2D eigenvalue weighted by Gasteiger charge is 2.27. The fourth-order valence-corrected chi connectivity index (χ4v) is 2.75. The van der Waals surface area contributed by atoms with Crippen LogP contribution in [0.5, 0.6) is 0 Å². The average Bonchev–Trinajstić information content (AvgIpc) is 2.54. The maximum absolute atomic E-state index is 4.72. The third-order valence-corrected chi connectivity index (χ3v) is 4.34. The molecule has 0 saturated heterocycles. The minimum atomic E-state index is 0.123. The van der Waals surface area contributed by atoms with Gasteiger partial charge >= 0.3 is 0 Å². The van der Waals surface area contributed by atoms with Crippen LogP contribution in [0, 0.1) is 5.41 Å². The van der Waals surface area contributed by atoms with Gasteiger partial charge in [0.15, 0.2) is 5.82 Å². The molecule has 1 atom stereocenters. The zero-order valence-corrected chi connectivity index (χ0v) is 15.7. The highest BCUT2D eigenvalue weighted by atomic mass is 15.1. The van der Waals surface area contributed by atoms with E-state index in [1.165, 1.54) is 0 Å². The van der Waals surface area contributed by atoms with Gasteiger partial charge < -0.3 is 10.2 Å². The summed E-state index contributed by atoms with van der Waals surface area (Å²) in [5.74, 6) is 1.63. The molecule has 1 N–H and O–H groups in total. The Morgan fingerprint density at radius 1 is 1.17 bits per heavy atom. The Morgan fingerprint density at radius 2 is 1.83 bits per heavy atom. The summed E-state index contributed by atoms with van der Waals surface area (Å²) in [5, 5.41) is 3.58. The number of nitrogens with zero attached hydrogens (tertiary/aromatic N) is 4. The minimum Gasteiger partial charge on any atom is -0.367 e. The number of anilines is 1. The molecule has 0 fully saturated rings. The number of aryl methyl sites for hydroxylation is 1. The van der Waals surface area contributed by atoms with Crippen molar-refractivity contribution < 1.29 is 0 Å². The van der Waals surface area contributed by atoms with Crippen LogP contribution in [-0.2, 0) is 6.42 Å². The monoisotopic (exact) mass is 327 g/mol. The van der Waals surface area contributed by atoms with Crippen molar-refractivity contribution in [3.63, 3.8) is 0 Å². The van der Waals surface area contributed by atoms with Crippen molar-refractivity contribution >= 4 is 5.82 Å². The van der Waals surface area contributed by atoms with Crippen molar-refractivity contribution in [1.29, 1.82) is 0 Å². The van der Waals surface area contributed by atoms with Crippen molar-refractivity contribution in [3.05, 3.63) is 36.3 Å². The van der Waals surface area contributed by atoms with E-state index in [0.717, 1.165) is 35.9 Å². The van der Waals surface area contributed by atoms with Crippen LogP contribution in [0.1, 0.15) is 33.4 Å². The van der Waals surface area contributed by atoms with Gasteiger partial charge in [-0.3, -0.25) is 4.98 Å². The molecule has 130 valence electrons. The number of hydrogen-bond acceptors (Lipinski definition) is 5. The molecule has 0 spiro atoms. The van der Waals surface area contributed by atoms with E-state index in [2.05, 4.69) is 62.0 Å². The maximum atomic E-state index is 4.72. The van der Waals surface area contributed by atoms with Gasteiger partial charge in [-0.25, -0.2) is 9.97 Å². The van der Waals surface area contributed by atoms with E-state index < -0.39 is 0 Å². The Hall–Kier alpha value is -2.01. The van der Waals surface area contributed by atoms with Gasteiger partial charge in [0, 0.05) is 42.3 Å². The SMILES string of the molecule is CCc1cc(NC(C)C(C)(C)CN(C)C)nc(-c2ccncc2)n1. The first kappa shape index (κ1) is 18.3. The quantitative estimate of drug-likeness (QED) is 0.843. The zero-order chi connectivity index (χ0) is 17.7. The van der Waals surface area contributed by atoms with Crippen LogP contribution in [0.4, 0.5) is 5.82 Å². The predicted octanol–water partition coefficient (Wildman–Crippen LogP) is 3.49. The molecule has 0 radical (unpaired) electrons. The Kier molecular flexibility index (Phi) is 5.89. The lowest BCUT2D eigenvalue weighted by Gasteiger charge is -2.35. The Labute approximate surface area is 145 Å². The van der Waals surface area contributed by atoms with Crippen molar-refractivity contribution in [1.82, 2.24) is 19.9 Å². The third-order valence-electron chi connectivity index (χ3n) is 4.34. The second-order valence-electron chi connectivity index (χ2n) is 7.25. The zero-order valence-electron chi connectivity index (χ0n) is 15.7. The minimum absolute atomic E-state index is 0.123. The number of pyridine rings is 1. The molecule has 5 nitrogen and oxygen atoms in total. The lowest BCUT2D eigenvalue weighted by Crippen LogP contribution is -2.41. The molecule has 2 aromatic rings. The predicted molar refractivity (Wildman–Crippen MR) is 100 cm³/mol. The Morgan fingerprint density at radius 3 is 2.42 bits per heavy atom. The molecule has 0 bridgehead atoms. The largest absolute Gasteiger partial charge is 0.367 e. The molecule has 1 unspecified atom stereocenters. The first-order chi connectivity index (χ1) is 11.3. The summed E-state index contributed by atoms with van der Waals surface area (Å²) in [5.41, 5.74) is 2.15. The molecule has 0 amide bonds. The molecule has 24 heavy (non-hydrogen) atoms. The summed E-state index contributed by atoms with van der Waals surface area (Å²) in [6.45, 7) is 9.88. The molecule has 2 aromatic heterocycles. The standard InChI is InChI=1S/C19H29N5/c1-7-16-12-17(21-14(2)19(3,4)13-24(5)6)23-18(22-16)15-8-10-20-11-9-15/h8-12,14H,7,13H2,1-6H3,(H,21,22,23). The number of rotatable bonds is 7. The molecule has 2 rings (SSSR count). The Balaban J connectivity index is 2.27. The van der Waals surface area contributed by atoms with Crippen molar-refractivity contribution in [2.24, 2.45) is 5.41 Å². The molecule has 0 aliphatic heterocycles. The number of aromatic nitrogens is 3. The number of hydrogen-bond donors (Lipinski definition) is 1. The second-order valence-corrected chi connectivity index (χ2v) is 7.25. The van der Waals surface area contributed by atoms with Crippen molar-refractivity contribution in [2.75, 3.05) is 26.0 Å². The van der Waals surface area contributed by atoms with E-state index in [1.54, 1.807) is 12.4 Å². The van der Waals surface area contributed by atoms with E-state index in [1.807, 2.05) is 18.2 Å². The average molecular weight is 327 g/mol. The molecule has 2 heterocycles. The van der Waals surface area contributed by atoms with Crippen LogP contribution in [0.2, 0.25) is 0 Å². The Bertz CT molecular complexity index is 652. The lowest BCUT2D eigenvalue weighted by atomic mass is 9.85. The molecular formula is C19H29N5. The normalized spacial score (nSPS) is 13.1. The van der Waals surface area contributed by atoms with Gasteiger partial charge in [-0.2, -0.15) is 0 Å². The molecule has 0 aliphatic rings. The third kappa shape index (κ3) is 4.74. The van der Waals surface area contributed by atoms with Crippen LogP contribution < -0.4 is 5.32 Å². The first-order valence-corrected chi connectivity index (χ1v) is 8.51. The van der Waals surface area contributed by atoms with Gasteiger partial charge in [-0.1, -0.05) is 20.8 Å².